The molecule has 1 saturated heterocycles. The van der Waals surface area contributed by atoms with Gasteiger partial charge in [-0.2, -0.15) is 13.2 Å². The molecule has 0 N–H and O–H groups in total. The van der Waals surface area contributed by atoms with E-state index in [2.05, 4.69) is 0 Å². The number of hydrogen-bond donors (Lipinski definition) is 0. The fourth-order valence-electron chi connectivity index (χ4n) is 3.61. The molecule has 1 aromatic rings. The van der Waals surface area contributed by atoms with E-state index in [1.807, 2.05) is 0 Å². The van der Waals surface area contributed by atoms with Gasteiger partial charge in [-0.25, -0.2) is 4.79 Å². The van der Waals surface area contributed by atoms with Crippen LogP contribution in [0, 0.1) is 12.8 Å². The van der Waals surface area contributed by atoms with E-state index in [0.29, 0.717) is 17.5 Å². The van der Waals surface area contributed by atoms with Crippen molar-refractivity contribution < 1.29 is 37.0 Å². The molecule has 0 aliphatic carbocycles. The zero-order valence-corrected chi connectivity index (χ0v) is 16.5. The Morgan fingerprint density at radius 1 is 1.24 bits per heavy atom. The average molecular weight is 415 g/mol. The number of ketones is 1. The topological polar surface area (TPSA) is 72.9 Å². The average Bonchev–Trinajstić information content (AvgIpc) is 2.66. The van der Waals surface area contributed by atoms with Crippen LogP contribution in [0.4, 0.5) is 18.0 Å². The number of rotatable bonds is 5. The molecule has 29 heavy (non-hydrogen) atoms. The van der Waals surface area contributed by atoms with Crippen LogP contribution in [0.15, 0.2) is 18.2 Å². The largest absolute Gasteiger partial charge is 0.466 e. The van der Waals surface area contributed by atoms with Gasteiger partial charge in [-0.3, -0.25) is 9.59 Å². The van der Waals surface area contributed by atoms with Gasteiger partial charge in [-0.1, -0.05) is 6.07 Å². The molecule has 2 rings (SSSR count). The predicted octanol–water partition coefficient (Wildman–Crippen LogP) is 4.06. The van der Waals surface area contributed by atoms with Crippen molar-refractivity contribution in [3.63, 3.8) is 0 Å². The van der Waals surface area contributed by atoms with Crippen molar-refractivity contribution in [2.45, 2.75) is 45.3 Å². The zero-order valence-electron chi connectivity index (χ0n) is 16.5. The normalized spacial score (nSPS) is 19.6. The van der Waals surface area contributed by atoms with Gasteiger partial charge >= 0.3 is 18.2 Å². The Labute approximate surface area is 167 Å². The minimum Gasteiger partial charge on any atom is -0.466 e. The second-order valence-electron chi connectivity index (χ2n) is 6.92. The summed E-state index contributed by atoms with van der Waals surface area (Å²) in [5.74, 6) is -1.43. The van der Waals surface area contributed by atoms with Crippen LogP contribution >= 0.6 is 0 Å². The monoisotopic (exact) mass is 415 g/mol. The maximum atomic E-state index is 13.0. The molecular formula is C20H24F3NO5. The molecule has 0 spiro atoms. The lowest BCUT2D eigenvalue weighted by atomic mass is 9.82. The molecule has 2 atom stereocenters. The number of esters is 1. The van der Waals surface area contributed by atoms with Crippen molar-refractivity contribution in [2.24, 2.45) is 5.92 Å². The number of halogens is 3. The first-order chi connectivity index (χ1) is 13.6. The fraction of sp³-hybridized carbons (Fsp3) is 0.550. The lowest BCUT2D eigenvalue weighted by Crippen LogP contribution is -2.43. The second-order valence-corrected chi connectivity index (χ2v) is 6.92. The molecule has 1 aromatic carbocycles. The smallest absolute Gasteiger partial charge is 0.416 e. The highest BCUT2D eigenvalue weighted by molar-refractivity contribution is 5.97. The summed E-state index contributed by atoms with van der Waals surface area (Å²) in [6.45, 7) is 3.53. The van der Waals surface area contributed by atoms with Crippen molar-refractivity contribution in [1.29, 1.82) is 0 Å². The molecule has 1 amide bonds. The van der Waals surface area contributed by atoms with Crippen molar-refractivity contribution >= 4 is 17.8 Å². The summed E-state index contributed by atoms with van der Waals surface area (Å²) in [5.41, 5.74) is 0.0865. The first-order valence-corrected chi connectivity index (χ1v) is 9.29. The van der Waals surface area contributed by atoms with Crippen molar-refractivity contribution in [3.8, 4) is 0 Å². The Morgan fingerprint density at radius 3 is 2.48 bits per heavy atom. The number of Topliss-reactive ketones (excluding diaryl/α,β-unsaturated/α-hetero) is 1. The molecular weight excluding hydrogens is 391 g/mol. The van der Waals surface area contributed by atoms with E-state index in [4.69, 9.17) is 9.47 Å². The summed E-state index contributed by atoms with van der Waals surface area (Å²) in [6, 6.07) is 2.68. The summed E-state index contributed by atoms with van der Waals surface area (Å²) >= 11 is 0. The number of piperidine rings is 1. The van der Waals surface area contributed by atoms with E-state index < -0.39 is 35.8 Å². The molecule has 0 saturated carbocycles. The van der Waals surface area contributed by atoms with Gasteiger partial charge in [-0.05, 0) is 49.9 Å². The van der Waals surface area contributed by atoms with E-state index in [9.17, 15) is 27.6 Å². The lowest BCUT2D eigenvalue weighted by Gasteiger charge is -2.39. The molecule has 6 nitrogen and oxygen atoms in total. The molecule has 0 aromatic heterocycles. The van der Waals surface area contributed by atoms with Gasteiger partial charge in [0.2, 0.25) is 0 Å². The number of likely N-dealkylation sites (tertiary alicyclic amines) is 1. The number of nitrogens with zero attached hydrogens (tertiary/aromatic N) is 1. The highest BCUT2D eigenvalue weighted by Gasteiger charge is 2.38. The van der Waals surface area contributed by atoms with Crippen LogP contribution in [0.2, 0.25) is 0 Å². The van der Waals surface area contributed by atoms with E-state index in [0.717, 1.165) is 12.1 Å². The fourth-order valence-corrected chi connectivity index (χ4v) is 3.61. The summed E-state index contributed by atoms with van der Waals surface area (Å²) in [5, 5.41) is 0. The molecule has 9 heteroatoms. The van der Waals surface area contributed by atoms with E-state index in [1.54, 1.807) is 6.92 Å². The van der Waals surface area contributed by atoms with Crippen LogP contribution in [-0.2, 0) is 25.2 Å². The van der Waals surface area contributed by atoms with Crippen LogP contribution in [0.5, 0.6) is 0 Å². The van der Waals surface area contributed by atoms with E-state index in [-0.39, 0.29) is 31.8 Å². The predicted molar refractivity (Wildman–Crippen MR) is 97.0 cm³/mol. The third-order valence-electron chi connectivity index (χ3n) is 5.05. The van der Waals surface area contributed by atoms with Crippen LogP contribution in [0.3, 0.4) is 0 Å². The Bertz CT molecular complexity index is 778. The molecule has 1 fully saturated rings. The summed E-state index contributed by atoms with van der Waals surface area (Å²) in [4.78, 5) is 37.7. The molecule has 0 bridgehead atoms. The maximum Gasteiger partial charge on any atom is 0.416 e. The van der Waals surface area contributed by atoms with Crippen LogP contribution < -0.4 is 0 Å². The minimum atomic E-state index is -4.48. The Hall–Kier alpha value is -2.58. The number of carbonyl (C=O) groups is 3. The number of aryl methyl sites for hydroxylation is 1. The molecule has 2 unspecified atom stereocenters. The number of ether oxygens (including phenoxy) is 2. The van der Waals surface area contributed by atoms with Gasteiger partial charge in [0.05, 0.1) is 25.3 Å². The number of benzene rings is 1. The van der Waals surface area contributed by atoms with Gasteiger partial charge in [0.25, 0.3) is 0 Å². The van der Waals surface area contributed by atoms with Gasteiger partial charge in [0.1, 0.15) is 12.2 Å². The van der Waals surface area contributed by atoms with Crippen molar-refractivity contribution in [2.75, 3.05) is 20.3 Å². The van der Waals surface area contributed by atoms with Crippen molar-refractivity contribution in [1.82, 2.24) is 4.90 Å². The molecule has 160 valence electrons. The Kier molecular flexibility index (Phi) is 7.26. The second kappa shape index (κ2) is 9.28. The van der Waals surface area contributed by atoms with Gasteiger partial charge in [0.15, 0.2) is 0 Å². The van der Waals surface area contributed by atoms with Crippen LogP contribution in [0.25, 0.3) is 0 Å². The summed E-state index contributed by atoms with van der Waals surface area (Å²) in [6.07, 6.45) is -4.93. The van der Waals surface area contributed by atoms with Crippen molar-refractivity contribution in [3.05, 3.63) is 34.9 Å². The Balaban J connectivity index is 2.30. The maximum absolute atomic E-state index is 13.0. The first kappa shape index (κ1) is 22.7. The third kappa shape index (κ3) is 5.48. The Morgan fingerprint density at radius 2 is 1.93 bits per heavy atom. The van der Waals surface area contributed by atoms with Crippen LogP contribution in [-0.4, -0.2) is 43.0 Å². The molecule has 1 heterocycles. The summed E-state index contributed by atoms with van der Waals surface area (Å²) < 4.78 is 48.5. The number of methoxy groups -OCH3 is 1. The zero-order chi connectivity index (χ0) is 21.8. The third-order valence-corrected chi connectivity index (χ3v) is 5.05. The number of amides is 1. The van der Waals surface area contributed by atoms with E-state index >= 15 is 0 Å². The standard InChI is InChI=1S/C20H24F3NO5/c1-4-29-18(26)11-17(25)13-7-8-24(19(27)28-3)16(10-13)15-6-5-14(9-12(15)2)20(21,22)23/h5-6,9,13,16H,4,7-8,10-11H2,1-3H3. The molecule has 1 aliphatic rings. The molecule has 1 aliphatic heterocycles. The quantitative estimate of drug-likeness (QED) is 0.536. The minimum absolute atomic E-state index is 0.167. The van der Waals surface area contributed by atoms with E-state index in [1.165, 1.54) is 25.0 Å². The highest BCUT2D eigenvalue weighted by atomic mass is 19.4. The van der Waals surface area contributed by atoms with Gasteiger partial charge < -0.3 is 14.4 Å². The lowest BCUT2D eigenvalue weighted by molar-refractivity contribution is -0.146. The van der Waals surface area contributed by atoms with Crippen LogP contribution in [0.1, 0.15) is 48.9 Å². The first-order valence-electron chi connectivity index (χ1n) is 9.29. The molecule has 0 radical (unpaired) electrons. The number of carbonyl (C=O) groups excluding carboxylic acids is 3. The summed E-state index contributed by atoms with van der Waals surface area (Å²) in [7, 11) is 1.22. The van der Waals surface area contributed by atoms with Gasteiger partial charge in [0, 0.05) is 12.5 Å². The SMILES string of the molecule is CCOC(=O)CC(=O)C1CCN(C(=O)OC)C(c2ccc(C(F)(F)F)cc2C)C1. The highest BCUT2D eigenvalue weighted by Crippen LogP contribution is 2.39. The van der Waals surface area contributed by atoms with Gasteiger partial charge in [-0.15, -0.1) is 0 Å². The number of alkyl halides is 3. The number of hydrogen-bond acceptors (Lipinski definition) is 5.